The number of likely N-dealkylation sites (N-methyl/N-ethyl adjacent to an activating group) is 1. The van der Waals surface area contributed by atoms with Crippen molar-refractivity contribution in [2.45, 2.75) is 127 Å². The molecule has 2 aliphatic rings. The van der Waals surface area contributed by atoms with Gasteiger partial charge in [-0.2, -0.15) is 0 Å². The van der Waals surface area contributed by atoms with Gasteiger partial charge in [0.15, 0.2) is 10.5 Å². The first-order chi connectivity index (χ1) is 17.4. The van der Waals surface area contributed by atoms with Crippen molar-refractivity contribution in [1.29, 1.82) is 0 Å². The van der Waals surface area contributed by atoms with Crippen LogP contribution >= 0.6 is 23.2 Å². The van der Waals surface area contributed by atoms with E-state index < -0.39 is 10.5 Å². The zero-order chi connectivity index (χ0) is 26.2. The molecule has 2 rings (SSSR count). The second kappa shape index (κ2) is 17.5. The summed E-state index contributed by atoms with van der Waals surface area (Å²) < 4.78 is 10.7. The Balaban J connectivity index is 1.46. The van der Waals surface area contributed by atoms with Crippen LogP contribution in [0.3, 0.4) is 0 Å². The molecular weight excluding hydrogens is 499 g/mol. The van der Waals surface area contributed by atoms with Gasteiger partial charge in [-0.05, 0) is 25.7 Å². The second-order valence-electron chi connectivity index (χ2n) is 10.6. The Morgan fingerprint density at radius 3 is 2.19 bits per heavy atom. The molecule has 1 saturated heterocycles. The van der Waals surface area contributed by atoms with Gasteiger partial charge in [0.05, 0.1) is 25.5 Å². The van der Waals surface area contributed by atoms with Crippen LogP contribution in [0, 0.1) is 11.8 Å². The van der Waals surface area contributed by atoms with Crippen molar-refractivity contribution in [2.75, 3.05) is 20.3 Å². The average molecular weight is 548 g/mol. The Kier molecular flexibility index (Phi) is 15.2. The first-order valence-electron chi connectivity index (χ1n) is 14.3. The van der Waals surface area contributed by atoms with E-state index in [9.17, 15) is 9.59 Å². The zero-order valence-corrected chi connectivity index (χ0v) is 24.0. The molecular formula is C28H48Cl2N2O4. The van der Waals surface area contributed by atoms with Crippen molar-refractivity contribution < 1.29 is 19.1 Å². The summed E-state index contributed by atoms with van der Waals surface area (Å²) >= 11 is 13.0. The highest BCUT2D eigenvalue weighted by Crippen LogP contribution is 2.42. The van der Waals surface area contributed by atoms with Crippen LogP contribution < -0.4 is 0 Å². The van der Waals surface area contributed by atoms with E-state index in [0.717, 1.165) is 12.8 Å². The van der Waals surface area contributed by atoms with E-state index in [4.69, 9.17) is 32.7 Å². The predicted octanol–water partition coefficient (Wildman–Crippen LogP) is 7.44. The first kappa shape index (κ1) is 31.2. The molecule has 0 aromatic rings. The number of alkyl halides is 2. The molecule has 0 aromatic heterocycles. The fraction of sp³-hybridized carbons (Fsp3) is 0.893. The Morgan fingerprint density at radius 1 is 1.06 bits per heavy atom. The van der Waals surface area contributed by atoms with Crippen LogP contribution in [0.5, 0.6) is 0 Å². The highest BCUT2D eigenvalue weighted by atomic mass is 35.5. The summed E-state index contributed by atoms with van der Waals surface area (Å²) in [6.07, 6.45) is 20.6. The topological polar surface area (TPSA) is 68.2 Å². The van der Waals surface area contributed by atoms with Gasteiger partial charge >= 0.3 is 11.9 Å². The van der Waals surface area contributed by atoms with Gasteiger partial charge in [0.25, 0.3) is 0 Å². The van der Waals surface area contributed by atoms with Crippen LogP contribution in [0.2, 0.25) is 0 Å². The molecule has 0 aliphatic carbocycles. The number of rotatable bonds is 20. The minimum Gasteiger partial charge on any atom is -0.466 e. The van der Waals surface area contributed by atoms with E-state index in [-0.39, 0.29) is 23.8 Å². The van der Waals surface area contributed by atoms with E-state index >= 15 is 0 Å². The monoisotopic (exact) mass is 546 g/mol. The molecule has 0 aromatic carbocycles. The van der Waals surface area contributed by atoms with Crippen molar-refractivity contribution in [1.82, 2.24) is 4.90 Å². The van der Waals surface area contributed by atoms with Crippen molar-refractivity contribution in [3.63, 3.8) is 0 Å². The molecule has 208 valence electrons. The number of cyclic esters (lactones) is 1. The van der Waals surface area contributed by atoms with Crippen molar-refractivity contribution in [2.24, 2.45) is 16.8 Å². The normalized spacial score (nSPS) is 25.5. The van der Waals surface area contributed by atoms with E-state index in [1.54, 1.807) is 11.2 Å². The lowest BCUT2D eigenvalue weighted by Gasteiger charge is -2.34. The van der Waals surface area contributed by atoms with Crippen molar-refractivity contribution in [3.8, 4) is 0 Å². The summed E-state index contributed by atoms with van der Waals surface area (Å²) in [5.74, 6) is -0.621. The number of carbonyl (C=O) groups is 2. The molecule has 6 nitrogen and oxygen atoms in total. The number of ether oxygens (including phenoxy) is 2. The van der Waals surface area contributed by atoms with E-state index in [2.05, 4.69) is 11.9 Å². The molecule has 0 N–H and O–H groups in total. The molecule has 0 bridgehead atoms. The van der Waals surface area contributed by atoms with Crippen LogP contribution in [0.25, 0.3) is 0 Å². The summed E-state index contributed by atoms with van der Waals surface area (Å²) in [7, 11) is 1.84. The van der Waals surface area contributed by atoms with Gasteiger partial charge < -0.3 is 14.4 Å². The van der Waals surface area contributed by atoms with Gasteiger partial charge in [0.2, 0.25) is 0 Å². The number of nitrogens with zero attached hydrogens (tertiary/aromatic N) is 2. The largest absolute Gasteiger partial charge is 0.466 e. The van der Waals surface area contributed by atoms with Crippen molar-refractivity contribution >= 4 is 41.5 Å². The van der Waals surface area contributed by atoms with Crippen LogP contribution in [0.1, 0.15) is 116 Å². The van der Waals surface area contributed by atoms with Crippen LogP contribution in [-0.4, -0.2) is 53.9 Å². The highest BCUT2D eigenvalue weighted by molar-refractivity contribution is 6.33. The number of unbranched alkanes of at least 4 members (excludes halogenated alkanes) is 12. The minimum absolute atomic E-state index is 0.0260. The Hall–Kier alpha value is -1.01. The van der Waals surface area contributed by atoms with Gasteiger partial charge in [-0.1, -0.05) is 107 Å². The molecule has 1 fully saturated rings. The average Bonchev–Trinajstić information content (AvgIpc) is 3.33. The first-order valence-corrected chi connectivity index (χ1v) is 15.1. The molecule has 36 heavy (non-hydrogen) atoms. The molecule has 0 amide bonds. The standard InChI is InChI=1S/C28H48Cl2N2O4/c1-3-4-5-6-7-8-9-10-11-12-13-14-15-18-25(33)35-19-16-17-24-23(21-36-26(24)34)20-28(30)27(29)31-22-32(28)2/h22-24,27H,3-21H2,1-2H3/t23-,24-,27?,28?/m0/s1. The second-order valence-corrected chi connectivity index (χ2v) is 11.7. The van der Waals surface area contributed by atoms with Gasteiger partial charge in [-0.25, -0.2) is 0 Å². The molecule has 8 heteroatoms. The molecule has 0 radical (unpaired) electrons. The Labute approximate surface area is 228 Å². The zero-order valence-electron chi connectivity index (χ0n) is 22.5. The van der Waals surface area contributed by atoms with E-state index in [0.29, 0.717) is 38.9 Å². The SMILES string of the molecule is CCCCCCCCCCCCCCCC(=O)OCCC[C@@H]1C(=O)OC[C@@H]1CC1(Cl)C(Cl)N=CN1C. The third-order valence-electron chi connectivity index (χ3n) is 7.59. The number of esters is 2. The fourth-order valence-electron chi connectivity index (χ4n) is 5.15. The van der Waals surface area contributed by atoms with Crippen LogP contribution in [0.15, 0.2) is 4.99 Å². The number of carbonyl (C=O) groups excluding carboxylic acids is 2. The number of aliphatic imine (C=N–C) groups is 1. The quantitative estimate of drug-likeness (QED) is 0.0686. The molecule has 2 aliphatic heterocycles. The minimum atomic E-state index is -0.848. The molecule has 2 heterocycles. The Bertz CT molecular complexity index is 664. The third-order valence-corrected chi connectivity index (χ3v) is 8.80. The van der Waals surface area contributed by atoms with Gasteiger partial charge in [0, 0.05) is 19.4 Å². The third kappa shape index (κ3) is 10.8. The summed E-state index contributed by atoms with van der Waals surface area (Å²) in [5.41, 5.74) is -0.563. The van der Waals surface area contributed by atoms with E-state index in [1.165, 1.54) is 70.6 Å². The Morgan fingerprint density at radius 2 is 1.64 bits per heavy atom. The maximum absolute atomic E-state index is 12.3. The molecule has 2 unspecified atom stereocenters. The molecule has 0 saturated carbocycles. The summed E-state index contributed by atoms with van der Waals surface area (Å²) in [5, 5.41) is 0. The number of hydrogen-bond acceptors (Lipinski definition) is 6. The number of halogens is 2. The lowest BCUT2D eigenvalue weighted by molar-refractivity contribution is -0.144. The van der Waals surface area contributed by atoms with Gasteiger partial charge in [-0.15, -0.1) is 0 Å². The lowest BCUT2D eigenvalue weighted by atomic mass is 9.86. The summed E-state index contributed by atoms with van der Waals surface area (Å²) in [4.78, 5) is 29.4. The van der Waals surface area contributed by atoms with Crippen LogP contribution in [0.4, 0.5) is 0 Å². The summed E-state index contributed by atoms with van der Waals surface area (Å²) in [6.45, 7) is 2.94. The maximum Gasteiger partial charge on any atom is 0.309 e. The number of hydrogen-bond donors (Lipinski definition) is 0. The molecule has 4 atom stereocenters. The highest BCUT2D eigenvalue weighted by Gasteiger charge is 2.48. The summed E-state index contributed by atoms with van der Waals surface area (Å²) in [6, 6.07) is 0. The predicted molar refractivity (Wildman–Crippen MR) is 148 cm³/mol. The lowest BCUT2D eigenvalue weighted by Crippen LogP contribution is -2.45. The van der Waals surface area contributed by atoms with Gasteiger partial charge in [0.1, 0.15) is 0 Å². The fourth-order valence-corrected chi connectivity index (χ4v) is 5.75. The van der Waals surface area contributed by atoms with Gasteiger partial charge in [-0.3, -0.25) is 14.6 Å². The molecule has 0 spiro atoms. The maximum atomic E-state index is 12.3. The van der Waals surface area contributed by atoms with E-state index in [1.807, 2.05) is 7.05 Å². The van der Waals surface area contributed by atoms with Crippen LogP contribution in [-0.2, 0) is 19.1 Å². The van der Waals surface area contributed by atoms with Crippen molar-refractivity contribution in [3.05, 3.63) is 0 Å². The smallest absolute Gasteiger partial charge is 0.309 e.